The van der Waals surface area contributed by atoms with Crippen LogP contribution in [0.15, 0.2) is 23.8 Å². The van der Waals surface area contributed by atoms with Crippen LogP contribution in [-0.2, 0) is 0 Å². The molecule has 20 heavy (non-hydrogen) atoms. The standard InChI is InChI=1S/C18H34O2/c1-13(2)8-7-9-15(5)10-17(19)11-16(6)12-18(20)14(3)4/h8,14-15,17-20H,6-7,9-12H2,1-5H3/t15-,17+,18-/m0/s1. The van der Waals surface area contributed by atoms with Crippen LogP contribution in [0.1, 0.15) is 66.7 Å². The highest BCUT2D eigenvalue weighted by Gasteiger charge is 2.15. The average Bonchev–Trinajstić information content (AvgIpc) is 2.27. The summed E-state index contributed by atoms with van der Waals surface area (Å²) in [7, 11) is 0. The lowest BCUT2D eigenvalue weighted by Crippen LogP contribution is -2.18. The molecule has 2 nitrogen and oxygen atoms in total. The maximum atomic E-state index is 10.1. The monoisotopic (exact) mass is 282 g/mol. The zero-order chi connectivity index (χ0) is 15.7. The molecule has 0 aliphatic carbocycles. The van der Waals surface area contributed by atoms with Crippen molar-refractivity contribution >= 4 is 0 Å². The van der Waals surface area contributed by atoms with Crippen LogP contribution in [0, 0.1) is 11.8 Å². The number of hydrogen-bond acceptors (Lipinski definition) is 2. The van der Waals surface area contributed by atoms with E-state index in [0.29, 0.717) is 18.8 Å². The molecule has 0 saturated carbocycles. The maximum Gasteiger partial charge on any atom is 0.0600 e. The molecule has 0 saturated heterocycles. The highest BCUT2D eigenvalue weighted by molar-refractivity contribution is 4.99. The summed E-state index contributed by atoms with van der Waals surface area (Å²) in [6.07, 6.45) is 5.80. The van der Waals surface area contributed by atoms with Gasteiger partial charge in [-0.25, -0.2) is 0 Å². The molecule has 0 aromatic heterocycles. The molecule has 2 N–H and O–H groups in total. The van der Waals surface area contributed by atoms with Crippen molar-refractivity contribution in [2.45, 2.75) is 78.9 Å². The van der Waals surface area contributed by atoms with Gasteiger partial charge < -0.3 is 10.2 Å². The van der Waals surface area contributed by atoms with Gasteiger partial charge in [0.1, 0.15) is 0 Å². The molecule has 3 atom stereocenters. The summed E-state index contributed by atoms with van der Waals surface area (Å²) in [6, 6.07) is 0. The smallest absolute Gasteiger partial charge is 0.0600 e. The highest BCUT2D eigenvalue weighted by Crippen LogP contribution is 2.20. The molecule has 0 heterocycles. The third-order valence-electron chi connectivity index (χ3n) is 3.68. The fourth-order valence-corrected chi connectivity index (χ4v) is 2.27. The van der Waals surface area contributed by atoms with Gasteiger partial charge in [-0.3, -0.25) is 0 Å². The molecule has 0 unspecified atom stereocenters. The second-order valence-electron chi connectivity index (χ2n) is 6.82. The van der Waals surface area contributed by atoms with Crippen LogP contribution < -0.4 is 0 Å². The molecule has 0 aliphatic rings. The average molecular weight is 282 g/mol. The summed E-state index contributed by atoms with van der Waals surface area (Å²) >= 11 is 0. The van der Waals surface area contributed by atoms with Gasteiger partial charge in [0.2, 0.25) is 0 Å². The van der Waals surface area contributed by atoms with Crippen molar-refractivity contribution in [2.75, 3.05) is 0 Å². The van der Waals surface area contributed by atoms with Crippen molar-refractivity contribution in [1.29, 1.82) is 0 Å². The third-order valence-corrected chi connectivity index (χ3v) is 3.68. The van der Waals surface area contributed by atoms with Crippen molar-refractivity contribution in [1.82, 2.24) is 0 Å². The number of aliphatic hydroxyl groups is 2. The molecule has 0 rings (SSSR count). The predicted octanol–water partition coefficient (Wildman–Crippen LogP) is 4.47. The topological polar surface area (TPSA) is 40.5 Å². The van der Waals surface area contributed by atoms with Gasteiger partial charge in [-0.2, -0.15) is 0 Å². The Balaban J connectivity index is 3.94. The Morgan fingerprint density at radius 1 is 1.10 bits per heavy atom. The van der Waals surface area contributed by atoms with Crippen molar-refractivity contribution in [2.24, 2.45) is 11.8 Å². The lowest BCUT2D eigenvalue weighted by molar-refractivity contribution is 0.115. The fraction of sp³-hybridized carbons (Fsp3) is 0.778. The van der Waals surface area contributed by atoms with E-state index in [4.69, 9.17) is 0 Å². The Labute approximate surface area is 125 Å². The predicted molar refractivity (Wildman–Crippen MR) is 87.7 cm³/mol. The van der Waals surface area contributed by atoms with Crippen LogP contribution in [0.5, 0.6) is 0 Å². The van der Waals surface area contributed by atoms with Crippen molar-refractivity contribution < 1.29 is 10.2 Å². The molecule has 118 valence electrons. The van der Waals surface area contributed by atoms with Crippen LogP contribution in [0.2, 0.25) is 0 Å². The van der Waals surface area contributed by atoms with E-state index in [1.54, 1.807) is 0 Å². The third kappa shape index (κ3) is 10.2. The zero-order valence-electron chi connectivity index (χ0n) is 14.0. The molecule has 0 radical (unpaired) electrons. The number of allylic oxidation sites excluding steroid dienone is 2. The molecule has 0 bridgehead atoms. The minimum atomic E-state index is -0.343. The summed E-state index contributed by atoms with van der Waals surface area (Å²) < 4.78 is 0. The van der Waals surface area contributed by atoms with Gasteiger partial charge in [-0.05, 0) is 57.8 Å². The molecular formula is C18H34O2. The summed E-state index contributed by atoms with van der Waals surface area (Å²) in [5.41, 5.74) is 2.31. The second-order valence-corrected chi connectivity index (χ2v) is 6.82. The number of rotatable bonds is 10. The van der Waals surface area contributed by atoms with Gasteiger partial charge in [-0.1, -0.05) is 44.6 Å². The Hall–Kier alpha value is -0.600. The van der Waals surface area contributed by atoms with Crippen LogP contribution >= 0.6 is 0 Å². The van der Waals surface area contributed by atoms with Crippen molar-refractivity contribution in [3.8, 4) is 0 Å². The number of aliphatic hydroxyl groups excluding tert-OH is 2. The molecule has 0 aromatic rings. The van der Waals surface area contributed by atoms with Crippen molar-refractivity contribution in [3.05, 3.63) is 23.8 Å². The van der Waals surface area contributed by atoms with E-state index in [2.05, 4.69) is 33.4 Å². The van der Waals surface area contributed by atoms with E-state index in [9.17, 15) is 10.2 Å². The summed E-state index contributed by atoms with van der Waals surface area (Å²) in [5.74, 6) is 0.760. The Morgan fingerprint density at radius 2 is 1.70 bits per heavy atom. The van der Waals surface area contributed by atoms with Crippen LogP contribution in [0.4, 0.5) is 0 Å². The van der Waals surface area contributed by atoms with Gasteiger partial charge in [0, 0.05) is 0 Å². The summed E-state index contributed by atoms with van der Waals surface area (Å²) in [6.45, 7) is 14.4. The largest absolute Gasteiger partial charge is 0.393 e. The zero-order valence-corrected chi connectivity index (χ0v) is 14.0. The van der Waals surface area contributed by atoms with Crippen molar-refractivity contribution in [3.63, 3.8) is 0 Å². The molecule has 0 aromatic carbocycles. The Kier molecular flexibility index (Phi) is 9.87. The normalized spacial score (nSPS) is 15.8. The van der Waals surface area contributed by atoms with Gasteiger partial charge in [0.25, 0.3) is 0 Å². The van der Waals surface area contributed by atoms with E-state index < -0.39 is 0 Å². The van der Waals surface area contributed by atoms with E-state index in [1.165, 1.54) is 5.57 Å². The first-order valence-corrected chi connectivity index (χ1v) is 7.88. The molecule has 2 heteroatoms. The number of hydrogen-bond donors (Lipinski definition) is 2. The molecule has 0 aliphatic heterocycles. The quantitative estimate of drug-likeness (QED) is 0.580. The molecule has 0 amide bonds. The van der Waals surface area contributed by atoms with E-state index >= 15 is 0 Å². The first-order valence-electron chi connectivity index (χ1n) is 7.88. The lowest BCUT2D eigenvalue weighted by atomic mass is 9.92. The van der Waals surface area contributed by atoms with Crippen LogP contribution in [0.3, 0.4) is 0 Å². The fourth-order valence-electron chi connectivity index (χ4n) is 2.27. The summed E-state index contributed by atoms with van der Waals surface area (Å²) in [4.78, 5) is 0. The van der Waals surface area contributed by atoms with E-state index in [1.807, 2.05) is 13.8 Å². The Morgan fingerprint density at radius 3 is 2.20 bits per heavy atom. The summed E-state index contributed by atoms with van der Waals surface area (Å²) in [5, 5.41) is 19.9. The van der Waals surface area contributed by atoms with Gasteiger partial charge >= 0.3 is 0 Å². The SMILES string of the molecule is C=C(C[C@H](O)C[C@@H](C)CCC=C(C)C)C[C@H](O)C(C)C. The maximum absolute atomic E-state index is 10.1. The minimum Gasteiger partial charge on any atom is -0.393 e. The van der Waals surface area contributed by atoms with Gasteiger partial charge in [0.15, 0.2) is 0 Å². The molecule has 0 spiro atoms. The second kappa shape index (κ2) is 10.2. The lowest BCUT2D eigenvalue weighted by Gasteiger charge is -2.20. The Bertz CT molecular complexity index is 301. The molecule has 0 fully saturated rings. The van der Waals surface area contributed by atoms with Gasteiger partial charge in [-0.15, -0.1) is 0 Å². The van der Waals surface area contributed by atoms with Crippen LogP contribution in [0.25, 0.3) is 0 Å². The minimum absolute atomic E-state index is 0.242. The van der Waals surface area contributed by atoms with E-state index in [0.717, 1.165) is 24.8 Å². The first-order chi connectivity index (χ1) is 9.22. The van der Waals surface area contributed by atoms with Gasteiger partial charge in [0.05, 0.1) is 12.2 Å². The first kappa shape index (κ1) is 19.4. The molecular weight excluding hydrogens is 248 g/mol. The highest BCUT2D eigenvalue weighted by atomic mass is 16.3. The van der Waals surface area contributed by atoms with E-state index in [-0.39, 0.29) is 18.1 Å². The van der Waals surface area contributed by atoms with Crippen LogP contribution in [-0.4, -0.2) is 22.4 Å².